The van der Waals surface area contributed by atoms with E-state index in [1.165, 1.54) is 18.3 Å². The van der Waals surface area contributed by atoms with Crippen molar-refractivity contribution in [2.45, 2.75) is 0 Å². The maximum atomic E-state index is 11.8. The summed E-state index contributed by atoms with van der Waals surface area (Å²) in [7, 11) is 1.59. The Kier molecular flexibility index (Phi) is 4.94. The number of rotatable bonds is 4. The molecule has 2 N–H and O–H groups in total. The van der Waals surface area contributed by atoms with Gasteiger partial charge in [0.25, 0.3) is 5.91 Å². The van der Waals surface area contributed by atoms with Gasteiger partial charge in [-0.2, -0.15) is 5.10 Å². The number of nitrogens with one attached hydrogen (secondary N) is 1. The Balaban J connectivity index is 2.02. The highest BCUT2D eigenvalue weighted by Gasteiger charge is 2.04. The fraction of sp³-hybridized carbons (Fsp3) is 0.0667. The standard InChI is InChI=1S/C15H13BrN2O3/c1-21-14-6-5-10(7-13(14)16)9-17-18-15(20)11-3-2-4-12(19)8-11/h2-9,19H,1H3,(H,18,20)/b17-9-. The second-order valence-corrected chi connectivity index (χ2v) is 5.00. The van der Waals surface area contributed by atoms with E-state index in [4.69, 9.17) is 4.74 Å². The molecule has 2 aromatic carbocycles. The molecule has 2 aromatic rings. The van der Waals surface area contributed by atoms with Crippen LogP contribution in [0.4, 0.5) is 0 Å². The molecule has 0 saturated heterocycles. The van der Waals surface area contributed by atoms with Crippen LogP contribution in [-0.2, 0) is 0 Å². The molecule has 2 rings (SSSR count). The lowest BCUT2D eigenvalue weighted by Crippen LogP contribution is -2.17. The van der Waals surface area contributed by atoms with E-state index in [0.29, 0.717) is 5.56 Å². The van der Waals surface area contributed by atoms with Crippen LogP contribution in [0.1, 0.15) is 15.9 Å². The maximum Gasteiger partial charge on any atom is 0.271 e. The molecule has 0 bridgehead atoms. The van der Waals surface area contributed by atoms with Crippen LogP contribution >= 0.6 is 15.9 Å². The average molecular weight is 349 g/mol. The molecule has 0 unspecified atom stereocenters. The van der Waals surface area contributed by atoms with Crippen LogP contribution in [0.2, 0.25) is 0 Å². The number of hydrogen-bond acceptors (Lipinski definition) is 4. The molecule has 0 aliphatic heterocycles. The molecule has 0 aromatic heterocycles. The Morgan fingerprint density at radius 2 is 2.14 bits per heavy atom. The van der Waals surface area contributed by atoms with Crippen molar-refractivity contribution >= 4 is 28.1 Å². The molecule has 0 aliphatic rings. The highest BCUT2D eigenvalue weighted by atomic mass is 79.9. The smallest absolute Gasteiger partial charge is 0.271 e. The highest BCUT2D eigenvalue weighted by Crippen LogP contribution is 2.24. The molecule has 0 radical (unpaired) electrons. The summed E-state index contributed by atoms with van der Waals surface area (Å²) in [5.41, 5.74) is 3.54. The van der Waals surface area contributed by atoms with Crippen LogP contribution in [0.5, 0.6) is 11.5 Å². The first-order chi connectivity index (χ1) is 10.1. The van der Waals surface area contributed by atoms with Gasteiger partial charge in [-0.05, 0) is 57.9 Å². The second kappa shape index (κ2) is 6.90. The minimum atomic E-state index is -0.394. The number of methoxy groups -OCH3 is 1. The molecule has 0 aliphatic carbocycles. The Hall–Kier alpha value is -2.34. The number of hydrogen-bond donors (Lipinski definition) is 2. The van der Waals surface area contributed by atoms with Crippen molar-refractivity contribution in [1.82, 2.24) is 5.43 Å². The van der Waals surface area contributed by atoms with Gasteiger partial charge in [0.1, 0.15) is 11.5 Å². The summed E-state index contributed by atoms with van der Waals surface area (Å²) in [4.78, 5) is 11.8. The number of hydrazone groups is 1. The van der Waals surface area contributed by atoms with Crippen LogP contribution in [-0.4, -0.2) is 24.3 Å². The zero-order valence-electron chi connectivity index (χ0n) is 11.2. The lowest BCUT2D eigenvalue weighted by atomic mass is 10.2. The Morgan fingerprint density at radius 3 is 2.81 bits per heavy atom. The predicted octanol–water partition coefficient (Wildman–Crippen LogP) is 2.93. The number of ether oxygens (including phenoxy) is 1. The van der Waals surface area contributed by atoms with E-state index < -0.39 is 5.91 Å². The van der Waals surface area contributed by atoms with Gasteiger partial charge < -0.3 is 9.84 Å². The van der Waals surface area contributed by atoms with Crippen LogP contribution < -0.4 is 10.2 Å². The minimum absolute atomic E-state index is 0.0331. The number of halogens is 1. The summed E-state index contributed by atoms with van der Waals surface area (Å²) in [6.45, 7) is 0. The molecule has 5 nitrogen and oxygen atoms in total. The maximum absolute atomic E-state index is 11.8. The SMILES string of the molecule is COc1ccc(/C=N\NC(=O)c2cccc(O)c2)cc1Br. The van der Waals surface area contributed by atoms with Gasteiger partial charge >= 0.3 is 0 Å². The molecule has 0 fully saturated rings. The number of phenolic OH excluding ortho intramolecular Hbond substituents is 1. The van der Waals surface area contributed by atoms with Gasteiger partial charge in [0.15, 0.2) is 0 Å². The van der Waals surface area contributed by atoms with E-state index in [-0.39, 0.29) is 5.75 Å². The first kappa shape index (κ1) is 15.1. The number of phenols is 1. The van der Waals surface area contributed by atoms with E-state index >= 15 is 0 Å². The zero-order chi connectivity index (χ0) is 15.2. The van der Waals surface area contributed by atoms with Crippen LogP contribution in [0, 0.1) is 0 Å². The fourth-order valence-electron chi connectivity index (χ4n) is 1.64. The summed E-state index contributed by atoms with van der Waals surface area (Å²) in [6, 6.07) is 11.5. The van der Waals surface area contributed by atoms with Gasteiger partial charge in [0.05, 0.1) is 17.8 Å². The van der Waals surface area contributed by atoms with Crippen molar-refractivity contribution < 1.29 is 14.6 Å². The summed E-state index contributed by atoms with van der Waals surface area (Å²) >= 11 is 3.37. The molecular weight excluding hydrogens is 336 g/mol. The molecule has 6 heteroatoms. The fourth-order valence-corrected chi connectivity index (χ4v) is 2.20. The van der Waals surface area contributed by atoms with Gasteiger partial charge in [-0.3, -0.25) is 4.79 Å². The first-order valence-electron chi connectivity index (χ1n) is 6.06. The molecule has 1 amide bonds. The number of carbonyl (C=O) groups excluding carboxylic acids is 1. The highest BCUT2D eigenvalue weighted by molar-refractivity contribution is 9.10. The number of amides is 1. The van der Waals surface area contributed by atoms with E-state index in [9.17, 15) is 9.90 Å². The third-order valence-electron chi connectivity index (χ3n) is 2.66. The van der Waals surface area contributed by atoms with Crippen LogP contribution in [0.15, 0.2) is 52.0 Å². The largest absolute Gasteiger partial charge is 0.508 e. The first-order valence-corrected chi connectivity index (χ1v) is 6.85. The van der Waals surface area contributed by atoms with Crippen molar-refractivity contribution in [3.63, 3.8) is 0 Å². The number of benzene rings is 2. The van der Waals surface area contributed by atoms with E-state index in [1.54, 1.807) is 25.3 Å². The van der Waals surface area contributed by atoms with E-state index in [2.05, 4.69) is 26.5 Å². The quantitative estimate of drug-likeness (QED) is 0.659. The zero-order valence-corrected chi connectivity index (χ0v) is 12.8. The van der Waals surface area contributed by atoms with Crippen molar-refractivity contribution in [2.75, 3.05) is 7.11 Å². The molecule has 0 atom stereocenters. The predicted molar refractivity (Wildman–Crippen MR) is 83.9 cm³/mol. The third kappa shape index (κ3) is 4.06. The molecule has 21 heavy (non-hydrogen) atoms. The monoisotopic (exact) mass is 348 g/mol. The summed E-state index contributed by atoms with van der Waals surface area (Å²) in [5, 5.41) is 13.2. The summed E-state index contributed by atoms with van der Waals surface area (Å²) in [6.07, 6.45) is 1.52. The van der Waals surface area contributed by atoms with Gasteiger partial charge in [-0.15, -0.1) is 0 Å². The van der Waals surface area contributed by atoms with E-state index in [0.717, 1.165) is 15.8 Å². The topological polar surface area (TPSA) is 70.9 Å². The van der Waals surface area contributed by atoms with Gasteiger partial charge in [-0.25, -0.2) is 5.43 Å². The number of carbonyl (C=O) groups is 1. The van der Waals surface area contributed by atoms with Crippen molar-refractivity contribution in [3.05, 3.63) is 58.1 Å². The second-order valence-electron chi connectivity index (χ2n) is 4.14. The minimum Gasteiger partial charge on any atom is -0.508 e. The summed E-state index contributed by atoms with van der Waals surface area (Å²) in [5.74, 6) is 0.358. The van der Waals surface area contributed by atoms with E-state index in [1.807, 2.05) is 12.1 Å². The number of aromatic hydroxyl groups is 1. The Bertz CT molecular complexity index is 686. The molecular formula is C15H13BrN2O3. The van der Waals surface area contributed by atoms with Crippen molar-refractivity contribution in [3.8, 4) is 11.5 Å². The van der Waals surface area contributed by atoms with Gasteiger partial charge in [-0.1, -0.05) is 6.07 Å². The van der Waals surface area contributed by atoms with Gasteiger partial charge in [0, 0.05) is 5.56 Å². The third-order valence-corrected chi connectivity index (χ3v) is 3.28. The summed E-state index contributed by atoms with van der Waals surface area (Å²) < 4.78 is 5.93. The number of nitrogens with zero attached hydrogens (tertiary/aromatic N) is 1. The van der Waals surface area contributed by atoms with Gasteiger partial charge in [0.2, 0.25) is 0 Å². The molecule has 0 spiro atoms. The lowest BCUT2D eigenvalue weighted by molar-refractivity contribution is 0.0954. The Morgan fingerprint density at radius 1 is 1.33 bits per heavy atom. The van der Waals surface area contributed by atoms with Crippen LogP contribution in [0.3, 0.4) is 0 Å². The lowest BCUT2D eigenvalue weighted by Gasteiger charge is -2.03. The van der Waals surface area contributed by atoms with Crippen LogP contribution in [0.25, 0.3) is 0 Å². The van der Waals surface area contributed by atoms with Crippen molar-refractivity contribution in [2.24, 2.45) is 5.10 Å². The molecule has 0 heterocycles. The van der Waals surface area contributed by atoms with Crippen molar-refractivity contribution in [1.29, 1.82) is 0 Å². The normalized spacial score (nSPS) is 10.6. The molecule has 0 saturated carbocycles. The molecule has 108 valence electrons. The average Bonchev–Trinajstić information content (AvgIpc) is 2.47. The Labute approximate surface area is 130 Å².